The fourth-order valence-corrected chi connectivity index (χ4v) is 3.01. The first kappa shape index (κ1) is 24.0. The van der Waals surface area contributed by atoms with Crippen LogP contribution < -0.4 is 10.1 Å². The molecule has 9 nitrogen and oxygen atoms in total. The van der Waals surface area contributed by atoms with Gasteiger partial charge in [-0.2, -0.15) is 13.2 Å². The molecule has 1 unspecified atom stereocenters. The second kappa shape index (κ2) is 9.23. The summed E-state index contributed by atoms with van der Waals surface area (Å²) in [6.07, 6.45) is -4.79. The highest BCUT2D eigenvalue weighted by Crippen LogP contribution is 2.30. The van der Waals surface area contributed by atoms with Crippen molar-refractivity contribution in [3.05, 3.63) is 29.8 Å². The summed E-state index contributed by atoms with van der Waals surface area (Å²) in [6, 6.07) is 5.27. The summed E-state index contributed by atoms with van der Waals surface area (Å²) in [5, 5.41) is 2.45. The number of amides is 4. The smallest absolute Gasteiger partial charge is 0.406 e. The molecule has 0 spiro atoms. The lowest BCUT2D eigenvalue weighted by atomic mass is 9.92. The molecular formula is C19H22F3N3O6. The Bertz CT molecular complexity index is 858. The van der Waals surface area contributed by atoms with Gasteiger partial charge >= 0.3 is 18.2 Å². The van der Waals surface area contributed by atoms with Crippen LogP contribution in [0.25, 0.3) is 0 Å². The first-order valence-electron chi connectivity index (χ1n) is 9.20. The number of urea groups is 1. The van der Waals surface area contributed by atoms with Crippen LogP contribution in [0, 0.1) is 0 Å². The molecule has 1 saturated heterocycles. The van der Waals surface area contributed by atoms with Gasteiger partial charge in [0, 0.05) is 0 Å². The summed E-state index contributed by atoms with van der Waals surface area (Å²) < 4.78 is 48.2. The Morgan fingerprint density at radius 2 is 1.81 bits per heavy atom. The van der Waals surface area contributed by atoms with E-state index < -0.39 is 55.2 Å². The number of nitrogens with zero attached hydrogens (tertiary/aromatic N) is 2. The van der Waals surface area contributed by atoms with Gasteiger partial charge in [0.1, 0.15) is 30.9 Å². The Hall–Kier alpha value is -3.31. The zero-order valence-electron chi connectivity index (χ0n) is 17.1. The number of hydrogen-bond donors (Lipinski definition) is 1. The molecule has 2 rings (SSSR count). The van der Waals surface area contributed by atoms with E-state index in [9.17, 15) is 32.3 Å². The van der Waals surface area contributed by atoms with Crippen LogP contribution in [0.3, 0.4) is 0 Å². The van der Waals surface area contributed by atoms with E-state index in [2.05, 4.69) is 10.1 Å². The molecule has 1 N–H and O–H groups in total. The monoisotopic (exact) mass is 445 g/mol. The molecule has 0 aromatic heterocycles. The van der Waals surface area contributed by atoms with Gasteiger partial charge in [-0.1, -0.05) is 12.1 Å². The van der Waals surface area contributed by atoms with Crippen molar-refractivity contribution < 1.29 is 41.8 Å². The molecular weight excluding hydrogens is 423 g/mol. The average Bonchev–Trinajstić information content (AvgIpc) is 2.90. The maximum absolute atomic E-state index is 12.9. The largest absolute Gasteiger partial charge is 0.497 e. The molecule has 1 aromatic rings. The number of ether oxygens (including phenoxy) is 2. The van der Waals surface area contributed by atoms with Gasteiger partial charge in [0.25, 0.3) is 5.91 Å². The molecule has 1 aromatic carbocycles. The van der Waals surface area contributed by atoms with Crippen molar-refractivity contribution in [2.24, 2.45) is 0 Å². The SMILES string of the molecule is CCOC(=O)CN(CC(F)(F)F)C(=O)CN1C(=O)NC(C)(c2ccc(OC)cc2)C1=O. The zero-order chi connectivity index (χ0) is 23.4. The van der Waals surface area contributed by atoms with Crippen molar-refractivity contribution in [1.29, 1.82) is 0 Å². The minimum Gasteiger partial charge on any atom is -0.497 e. The third-order valence-corrected chi connectivity index (χ3v) is 4.58. The number of alkyl halides is 3. The van der Waals surface area contributed by atoms with Crippen LogP contribution in [0.1, 0.15) is 19.4 Å². The summed E-state index contributed by atoms with van der Waals surface area (Å²) in [5.74, 6) is -2.58. The van der Waals surface area contributed by atoms with Crippen molar-refractivity contribution in [2.75, 3.05) is 33.4 Å². The number of benzene rings is 1. The average molecular weight is 445 g/mol. The van der Waals surface area contributed by atoms with Crippen LogP contribution in [0.5, 0.6) is 5.75 Å². The highest BCUT2D eigenvalue weighted by Gasteiger charge is 2.50. The van der Waals surface area contributed by atoms with Crippen LogP contribution >= 0.6 is 0 Å². The van der Waals surface area contributed by atoms with E-state index in [1.54, 1.807) is 24.3 Å². The van der Waals surface area contributed by atoms with Crippen LogP contribution in [0.2, 0.25) is 0 Å². The predicted octanol–water partition coefficient (Wildman–Crippen LogP) is 1.42. The van der Waals surface area contributed by atoms with E-state index >= 15 is 0 Å². The van der Waals surface area contributed by atoms with Crippen LogP contribution in [0.4, 0.5) is 18.0 Å². The van der Waals surface area contributed by atoms with Gasteiger partial charge in [0.2, 0.25) is 5.91 Å². The molecule has 1 heterocycles. The number of imide groups is 1. The Labute approximate surface area is 176 Å². The zero-order valence-corrected chi connectivity index (χ0v) is 17.1. The summed E-state index contributed by atoms with van der Waals surface area (Å²) in [4.78, 5) is 50.0. The maximum Gasteiger partial charge on any atom is 0.406 e. The summed E-state index contributed by atoms with van der Waals surface area (Å²) >= 11 is 0. The second-order valence-corrected chi connectivity index (χ2v) is 6.84. The summed E-state index contributed by atoms with van der Waals surface area (Å²) in [5.41, 5.74) is -1.14. The molecule has 4 amide bonds. The van der Waals surface area contributed by atoms with E-state index in [-0.39, 0.29) is 11.5 Å². The first-order chi connectivity index (χ1) is 14.4. The molecule has 0 saturated carbocycles. The molecule has 0 bridgehead atoms. The van der Waals surface area contributed by atoms with Gasteiger partial charge in [-0.15, -0.1) is 0 Å². The van der Waals surface area contributed by atoms with E-state index in [0.717, 1.165) is 0 Å². The van der Waals surface area contributed by atoms with E-state index in [1.807, 2.05) is 0 Å². The minimum atomic E-state index is -4.79. The van der Waals surface area contributed by atoms with E-state index in [1.165, 1.54) is 21.0 Å². The molecule has 12 heteroatoms. The summed E-state index contributed by atoms with van der Waals surface area (Å²) in [7, 11) is 1.45. The standard InChI is InChI=1S/C19H22F3N3O6/c1-4-31-15(27)10-24(11-19(20,21)22)14(26)9-25-16(28)18(2,23-17(25)29)12-5-7-13(30-3)8-6-12/h5-8H,4,9-11H2,1-3H3,(H,23,29). The molecule has 1 aliphatic rings. The lowest BCUT2D eigenvalue weighted by Crippen LogP contribution is -2.48. The van der Waals surface area contributed by atoms with Crippen molar-refractivity contribution in [3.63, 3.8) is 0 Å². The Morgan fingerprint density at radius 1 is 1.19 bits per heavy atom. The molecule has 0 aliphatic carbocycles. The number of hydrogen-bond acceptors (Lipinski definition) is 6. The van der Waals surface area contributed by atoms with Gasteiger partial charge in [-0.25, -0.2) is 4.79 Å². The van der Waals surface area contributed by atoms with Gasteiger partial charge in [-0.3, -0.25) is 19.3 Å². The Kier molecular flexibility index (Phi) is 7.13. The van der Waals surface area contributed by atoms with Gasteiger partial charge in [0.15, 0.2) is 0 Å². The van der Waals surface area contributed by atoms with E-state index in [0.29, 0.717) is 16.2 Å². The number of esters is 1. The number of nitrogens with one attached hydrogen (secondary N) is 1. The second-order valence-electron chi connectivity index (χ2n) is 6.84. The van der Waals surface area contributed by atoms with Crippen LogP contribution in [-0.2, 0) is 24.7 Å². The third-order valence-electron chi connectivity index (χ3n) is 4.58. The number of carbonyl (C=O) groups excluding carboxylic acids is 4. The third kappa shape index (κ3) is 5.64. The maximum atomic E-state index is 12.9. The quantitative estimate of drug-likeness (QED) is 0.479. The fraction of sp³-hybridized carbons (Fsp3) is 0.474. The summed E-state index contributed by atoms with van der Waals surface area (Å²) in [6.45, 7) is -0.881. The van der Waals surface area contributed by atoms with Crippen molar-refractivity contribution in [3.8, 4) is 5.75 Å². The molecule has 0 radical (unpaired) electrons. The lowest BCUT2D eigenvalue weighted by molar-refractivity contribution is -0.167. The highest BCUT2D eigenvalue weighted by molar-refractivity contribution is 6.09. The number of rotatable bonds is 8. The molecule has 1 atom stereocenters. The minimum absolute atomic E-state index is 0.0832. The molecule has 31 heavy (non-hydrogen) atoms. The molecule has 1 fully saturated rings. The number of carbonyl (C=O) groups is 4. The number of halogens is 3. The topological polar surface area (TPSA) is 105 Å². The fourth-order valence-electron chi connectivity index (χ4n) is 3.01. The van der Waals surface area contributed by atoms with Gasteiger partial charge < -0.3 is 19.7 Å². The van der Waals surface area contributed by atoms with Crippen molar-refractivity contribution in [1.82, 2.24) is 15.1 Å². The van der Waals surface area contributed by atoms with Crippen molar-refractivity contribution in [2.45, 2.75) is 25.6 Å². The van der Waals surface area contributed by atoms with E-state index in [4.69, 9.17) is 4.74 Å². The number of methoxy groups -OCH3 is 1. The highest BCUT2D eigenvalue weighted by atomic mass is 19.4. The predicted molar refractivity (Wildman–Crippen MR) is 99.9 cm³/mol. The Balaban J connectivity index is 2.20. The van der Waals surface area contributed by atoms with Gasteiger partial charge in [0.05, 0.1) is 13.7 Å². The Morgan fingerprint density at radius 3 is 2.32 bits per heavy atom. The molecule has 1 aliphatic heterocycles. The first-order valence-corrected chi connectivity index (χ1v) is 9.20. The lowest BCUT2D eigenvalue weighted by Gasteiger charge is -2.25. The normalized spacial score (nSPS) is 18.6. The van der Waals surface area contributed by atoms with Crippen molar-refractivity contribution >= 4 is 23.8 Å². The van der Waals surface area contributed by atoms with Gasteiger partial charge in [-0.05, 0) is 31.5 Å². The van der Waals surface area contributed by atoms with Crippen LogP contribution in [0.15, 0.2) is 24.3 Å². The molecule has 170 valence electrons. The van der Waals surface area contributed by atoms with Crippen LogP contribution in [-0.4, -0.2) is 73.1 Å².